The van der Waals surface area contributed by atoms with Gasteiger partial charge in [-0.05, 0) is 92.9 Å². The zero-order chi connectivity index (χ0) is 20.4. The van der Waals surface area contributed by atoms with Gasteiger partial charge in [0.15, 0.2) is 11.6 Å². The average Bonchev–Trinajstić information content (AvgIpc) is 2.75. The molecule has 0 nitrogen and oxygen atoms in total. The largest absolute Gasteiger partial charge is 0.203 e. The first-order chi connectivity index (χ1) is 14.0. The Morgan fingerprint density at radius 3 is 2.34 bits per heavy atom. The SMILES string of the molecule is C=CC1CCC2CC(c3ccc(C#Cc4ccc(C)cc4)c(F)c3F)CCC2C1. The minimum atomic E-state index is -0.806. The van der Waals surface area contributed by atoms with Gasteiger partial charge in [0.2, 0.25) is 0 Å². The van der Waals surface area contributed by atoms with Gasteiger partial charge in [0.1, 0.15) is 0 Å². The van der Waals surface area contributed by atoms with Gasteiger partial charge in [-0.3, -0.25) is 0 Å². The Morgan fingerprint density at radius 2 is 1.59 bits per heavy atom. The summed E-state index contributed by atoms with van der Waals surface area (Å²) in [5.41, 5.74) is 2.61. The minimum absolute atomic E-state index is 0.116. The lowest BCUT2D eigenvalue weighted by atomic mass is 9.64. The highest BCUT2D eigenvalue weighted by atomic mass is 19.2. The third-order valence-corrected chi connectivity index (χ3v) is 6.93. The first-order valence-electron chi connectivity index (χ1n) is 10.7. The quantitative estimate of drug-likeness (QED) is 0.377. The van der Waals surface area contributed by atoms with Gasteiger partial charge in [0.25, 0.3) is 0 Å². The van der Waals surface area contributed by atoms with Crippen molar-refractivity contribution in [3.8, 4) is 11.8 Å². The summed E-state index contributed by atoms with van der Waals surface area (Å²) in [6.45, 7) is 5.95. The number of benzene rings is 2. The molecule has 2 saturated carbocycles. The molecular weight excluding hydrogens is 362 g/mol. The van der Waals surface area contributed by atoms with Gasteiger partial charge in [-0.2, -0.15) is 0 Å². The second-order valence-corrected chi connectivity index (χ2v) is 8.79. The summed E-state index contributed by atoms with van der Waals surface area (Å²) in [6, 6.07) is 11.1. The Labute approximate surface area is 173 Å². The fourth-order valence-corrected chi connectivity index (χ4v) is 5.17. The van der Waals surface area contributed by atoms with E-state index in [4.69, 9.17) is 0 Å². The van der Waals surface area contributed by atoms with Crippen LogP contribution in [-0.2, 0) is 0 Å². The molecule has 0 spiro atoms. The highest BCUT2D eigenvalue weighted by molar-refractivity contribution is 5.45. The number of hydrogen-bond acceptors (Lipinski definition) is 0. The van der Waals surface area contributed by atoms with E-state index in [9.17, 15) is 8.78 Å². The summed E-state index contributed by atoms with van der Waals surface area (Å²) in [6.07, 6.45) is 8.69. The first-order valence-corrected chi connectivity index (χ1v) is 10.7. The molecule has 0 N–H and O–H groups in total. The molecule has 0 aliphatic heterocycles. The van der Waals surface area contributed by atoms with E-state index in [1.165, 1.54) is 19.3 Å². The van der Waals surface area contributed by atoms with Crippen LogP contribution >= 0.6 is 0 Å². The molecule has 2 aliphatic carbocycles. The van der Waals surface area contributed by atoms with Gasteiger partial charge >= 0.3 is 0 Å². The molecule has 2 heteroatoms. The van der Waals surface area contributed by atoms with E-state index in [0.717, 1.165) is 36.3 Å². The Morgan fingerprint density at radius 1 is 0.862 bits per heavy atom. The van der Waals surface area contributed by atoms with Crippen LogP contribution in [0.2, 0.25) is 0 Å². The fourth-order valence-electron chi connectivity index (χ4n) is 5.17. The highest BCUT2D eigenvalue weighted by Crippen LogP contribution is 2.48. The van der Waals surface area contributed by atoms with Crippen molar-refractivity contribution in [1.82, 2.24) is 0 Å². The average molecular weight is 391 g/mol. The predicted molar refractivity (Wildman–Crippen MR) is 115 cm³/mol. The zero-order valence-electron chi connectivity index (χ0n) is 17.1. The number of hydrogen-bond donors (Lipinski definition) is 0. The standard InChI is InChI=1S/C27H28F2/c1-3-19-8-11-23-17-24(13-12-22(23)16-19)25-15-14-21(26(28)27(25)29)10-9-20-6-4-18(2)5-7-20/h3-7,14-15,19,22-24H,1,8,11-13,16-17H2,2H3. The zero-order valence-corrected chi connectivity index (χ0v) is 17.1. The van der Waals surface area contributed by atoms with E-state index < -0.39 is 11.6 Å². The predicted octanol–water partition coefficient (Wildman–Crippen LogP) is 7.16. The van der Waals surface area contributed by atoms with E-state index in [2.05, 4.69) is 24.5 Å². The summed E-state index contributed by atoms with van der Waals surface area (Å²) in [7, 11) is 0. The molecule has 0 heterocycles. The van der Waals surface area contributed by atoms with Crippen molar-refractivity contribution in [3.05, 3.63) is 82.9 Å². The van der Waals surface area contributed by atoms with Gasteiger partial charge < -0.3 is 0 Å². The van der Waals surface area contributed by atoms with Gasteiger partial charge in [-0.25, -0.2) is 8.78 Å². The molecule has 2 aromatic carbocycles. The van der Waals surface area contributed by atoms with Gasteiger partial charge in [-0.1, -0.05) is 41.7 Å². The molecular formula is C27H28F2. The molecule has 4 rings (SSSR count). The Balaban J connectivity index is 1.51. The number of allylic oxidation sites excluding steroid dienone is 1. The van der Waals surface area contributed by atoms with Crippen LogP contribution in [0.4, 0.5) is 8.78 Å². The molecule has 2 aliphatic rings. The first kappa shape index (κ1) is 19.9. The lowest BCUT2D eigenvalue weighted by molar-refractivity contribution is 0.132. The molecule has 0 amide bonds. The van der Waals surface area contributed by atoms with Crippen molar-refractivity contribution < 1.29 is 8.78 Å². The van der Waals surface area contributed by atoms with Crippen molar-refractivity contribution >= 4 is 0 Å². The Kier molecular flexibility index (Phi) is 5.86. The van der Waals surface area contributed by atoms with Gasteiger partial charge in [0.05, 0.1) is 5.56 Å². The van der Waals surface area contributed by atoms with Crippen LogP contribution in [0.25, 0.3) is 0 Å². The summed E-state index contributed by atoms with van der Waals surface area (Å²) in [5.74, 6) is 6.33. The van der Waals surface area contributed by atoms with Crippen LogP contribution in [0.15, 0.2) is 49.1 Å². The van der Waals surface area contributed by atoms with E-state index in [1.807, 2.05) is 31.2 Å². The minimum Gasteiger partial charge on any atom is -0.203 e. The van der Waals surface area contributed by atoms with Crippen molar-refractivity contribution in [3.63, 3.8) is 0 Å². The third kappa shape index (κ3) is 4.30. The van der Waals surface area contributed by atoms with Crippen LogP contribution in [0.1, 0.15) is 66.7 Å². The topological polar surface area (TPSA) is 0 Å². The third-order valence-electron chi connectivity index (χ3n) is 6.93. The molecule has 0 aromatic heterocycles. The van der Waals surface area contributed by atoms with E-state index in [-0.39, 0.29) is 11.5 Å². The van der Waals surface area contributed by atoms with Crippen LogP contribution in [0.5, 0.6) is 0 Å². The Hall–Kier alpha value is -2.40. The van der Waals surface area contributed by atoms with Crippen molar-refractivity contribution in [2.45, 2.75) is 51.4 Å². The number of aryl methyl sites for hydroxylation is 1. The molecule has 4 atom stereocenters. The van der Waals surface area contributed by atoms with Crippen molar-refractivity contribution in [2.24, 2.45) is 17.8 Å². The normalized spacial score (nSPS) is 26.2. The molecule has 0 saturated heterocycles. The van der Waals surface area contributed by atoms with Crippen LogP contribution in [0.3, 0.4) is 0 Å². The second kappa shape index (κ2) is 8.54. The second-order valence-electron chi connectivity index (χ2n) is 8.79. The fraction of sp³-hybridized carbons (Fsp3) is 0.407. The molecule has 4 unspecified atom stereocenters. The smallest absolute Gasteiger partial charge is 0.174 e. The number of rotatable bonds is 2. The van der Waals surface area contributed by atoms with E-state index in [0.29, 0.717) is 17.4 Å². The van der Waals surface area contributed by atoms with Gasteiger partial charge in [-0.15, -0.1) is 6.58 Å². The lowest BCUT2D eigenvalue weighted by Crippen LogP contribution is -2.30. The van der Waals surface area contributed by atoms with Crippen LogP contribution in [0, 0.1) is 48.2 Å². The van der Waals surface area contributed by atoms with E-state index >= 15 is 0 Å². The highest BCUT2D eigenvalue weighted by Gasteiger charge is 2.36. The summed E-state index contributed by atoms with van der Waals surface area (Å²) in [4.78, 5) is 0. The van der Waals surface area contributed by atoms with E-state index in [1.54, 1.807) is 12.1 Å². The summed E-state index contributed by atoms with van der Waals surface area (Å²) >= 11 is 0. The lowest BCUT2D eigenvalue weighted by Gasteiger charge is -2.41. The van der Waals surface area contributed by atoms with Gasteiger partial charge in [0, 0.05) is 5.56 Å². The molecule has 0 radical (unpaired) electrons. The maximum absolute atomic E-state index is 14.9. The maximum Gasteiger partial charge on any atom is 0.174 e. The van der Waals surface area contributed by atoms with Crippen LogP contribution in [-0.4, -0.2) is 0 Å². The molecule has 29 heavy (non-hydrogen) atoms. The van der Waals surface area contributed by atoms with Crippen molar-refractivity contribution in [2.75, 3.05) is 0 Å². The monoisotopic (exact) mass is 390 g/mol. The van der Waals surface area contributed by atoms with Crippen molar-refractivity contribution in [1.29, 1.82) is 0 Å². The molecule has 2 aromatic rings. The number of fused-ring (bicyclic) bond motifs is 1. The van der Waals surface area contributed by atoms with Crippen LogP contribution < -0.4 is 0 Å². The molecule has 150 valence electrons. The maximum atomic E-state index is 14.9. The molecule has 0 bridgehead atoms. The summed E-state index contributed by atoms with van der Waals surface area (Å²) in [5, 5.41) is 0. The molecule has 2 fully saturated rings. The number of halogens is 2. The Bertz CT molecular complexity index is 945. The summed E-state index contributed by atoms with van der Waals surface area (Å²) < 4.78 is 29.6.